The Labute approximate surface area is 158 Å². The second-order valence-corrected chi connectivity index (χ2v) is 8.67. The number of hydrogen-bond donors (Lipinski definition) is 4. The molecule has 26 heavy (non-hydrogen) atoms. The van der Waals surface area contributed by atoms with Crippen molar-refractivity contribution in [2.75, 3.05) is 37.7 Å². The fourth-order valence-electron chi connectivity index (χ4n) is 3.88. The van der Waals surface area contributed by atoms with E-state index >= 15 is 0 Å². The number of nitrogens with one attached hydrogen (secondary N) is 3. The summed E-state index contributed by atoms with van der Waals surface area (Å²) in [5.41, 5.74) is -1.52. The first-order chi connectivity index (χ1) is 12.4. The van der Waals surface area contributed by atoms with Gasteiger partial charge < -0.3 is 20.6 Å². The lowest BCUT2D eigenvalue weighted by atomic mass is 9.79. The van der Waals surface area contributed by atoms with Crippen LogP contribution in [0.5, 0.6) is 0 Å². The Morgan fingerprint density at radius 1 is 1.42 bits per heavy atom. The topological polar surface area (TPSA) is 106 Å². The van der Waals surface area contributed by atoms with Crippen LogP contribution in [0.1, 0.15) is 33.1 Å². The highest BCUT2D eigenvalue weighted by atomic mass is 32.2. The van der Waals surface area contributed by atoms with Gasteiger partial charge in [0.2, 0.25) is 0 Å². The number of carbonyl (C=O) groups is 2. The number of rotatable bonds is 4. The molecule has 9 heteroatoms. The molecule has 2 unspecified atom stereocenters. The number of aliphatic imine (C=N–C) groups is 1. The van der Waals surface area contributed by atoms with Gasteiger partial charge in [0, 0.05) is 25.4 Å². The molecule has 3 heterocycles. The smallest absolute Gasteiger partial charge is 0.322 e. The van der Waals surface area contributed by atoms with Crippen molar-refractivity contribution in [1.29, 1.82) is 0 Å². The fraction of sp³-hybridized carbons (Fsp3) is 0.824. The molecule has 0 saturated carbocycles. The molecular weight excluding hydrogens is 354 g/mol. The largest absolute Gasteiger partial charge is 0.387 e. The molecule has 3 aliphatic heterocycles. The number of amides is 3. The lowest BCUT2D eigenvalue weighted by Crippen LogP contribution is -2.55. The molecule has 0 aliphatic carbocycles. The number of urea groups is 1. The van der Waals surface area contributed by atoms with Crippen molar-refractivity contribution in [3.8, 4) is 0 Å². The normalized spacial score (nSPS) is 33.3. The van der Waals surface area contributed by atoms with Crippen LogP contribution in [0.2, 0.25) is 0 Å². The summed E-state index contributed by atoms with van der Waals surface area (Å²) in [5, 5.41) is 19.0. The minimum absolute atomic E-state index is 0.100. The standard InChI is InChI=1S/C17H29N5O3S/c1-3-18-14(19-10-17(25)6-9-26-11-17)22-7-4-12(5-8-22)16(2)13(23)20-15(24)21-16/h12,25H,3-11H2,1-2H3,(H,18,19)(H2,20,21,23,24). The molecule has 3 amide bonds. The Bertz CT molecular complexity index is 585. The molecule has 2 atom stereocenters. The molecule has 3 rings (SSSR count). The summed E-state index contributed by atoms with van der Waals surface area (Å²) in [4.78, 5) is 30.5. The number of hydrogen-bond acceptors (Lipinski definition) is 5. The van der Waals surface area contributed by atoms with Crippen molar-refractivity contribution < 1.29 is 14.7 Å². The van der Waals surface area contributed by atoms with Crippen LogP contribution in [0, 0.1) is 5.92 Å². The number of thioether (sulfide) groups is 1. The third-order valence-corrected chi connectivity index (χ3v) is 6.86. The highest BCUT2D eigenvalue weighted by Gasteiger charge is 2.48. The van der Waals surface area contributed by atoms with E-state index < -0.39 is 17.2 Å². The number of guanidine groups is 1. The van der Waals surface area contributed by atoms with Gasteiger partial charge in [0.25, 0.3) is 5.91 Å². The van der Waals surface area contributed by atoms with Crippen LogP contribution in [0.15, 0.2) is 4.99 Å². The molecule has 8 nitrogen and oxygen atoms in total. The Balaban J connectivity index is 1.61. The summed E-state index contributed by atoms with van der Waals surface area (Å²) in [6.45, 7) is 6.55. The van der Waals surface area contributed by atoms with Gasteiger partial charge in [-0.15, -0.1) is 0 Å². The van der Waals surface area contributed by atoms with Gasteiger partial charge in [-0.1, -0.05) is 0 Å². The Kier molecular flexibility index (Phi) is 5.67. The van der Waals surface area contributed by atoms with E-state index in [0.29, 0.717) is 6.54 Å². The molecule has 0 radical (unpaired) electrons. The lowest BCUT2D eigenvalue weighted by molar-refractivity contribution is -0.125. The van der Waals surface area contributed by atoms with Gasteiger partial charge in [-0.2, -0.15) is 11.8 Å². The average molecular weight is 384 g/mol. The number of carbonyl (C=O) groups excluding carboxylic acids is 2. The highest BCUT2D eigenvalue weighted by Crippen LogP contribution is 2.31. The number of aliphatic hydroxyl groups is 1. The van der Waals surface area contributed by atoms with E-state index in [1.807, 2.05) is 6.92 Å². The molecule has 0 bridgehead atoms. The number of imide groups is 1. The maximum absolute atomic E-state index is 12.1. The molecule has 4 N–H and O–H groups in total. The quantitative estimate of drug-likeness (QED) is 0.312. The van der Waals surface area contributed by atoms with Crippen molar-refractivity contribution >= 4 is 29.7 Å². The molecule has 3 aliphatic rings. The second-order valence-electron chi connectivity index (χ2n) is 7.57. The van der Waals surface area contributed by atoms with E-state index in [4.69, 9.17) is 0 Å². The van der Waals surface area contributed by atoms with Crippen LogP contribution in [-0.4, -0.2) is 76.7 Å². The van der Waals surface area contributed by atoms with Crippen molar-refractivity contribution in [2.24, 2.45) is 10.9 Å². The number of likely N-dealkylation sites (tertiary alicyclic amines) is 1. The zero-order valence-electron chi connectivity index (χ0n) is 15.5. The summed E-state index contributed by atoms with van der Waals surface area (Å²) in [6, 6.07) is -0.405. The van der Waals surface area contributed by atoms with E-state index in [0.717, 1.165) is 56.4 Å². The van der Waals surface area contributed by atoms with E-state index in [1.165, 1.54) is 0 Å². The minimum Gasteiger partial charge on any atom is -0.387 e. The minimum atomic E-state index is -0.825. The van der Waals surface area contributed by atoms with E-state index in [1.54, 1.807) is 18.7 Å². The Morgan fingerprint density at radius 3 is 2.69 bits per heavy atom. The average Bonchev–Trinajstić information content (AvgIpc) is 3.16. The highest BCUT2D eigenvalue weighted by molar-refractivity contribution is 7.99. The fourth-order valence-corrected chi connectivity index (χ4v) is 5.17. The molecule has 146 valence electrons. The van der Waals surface area contributed by atoms with Crippen molar-refractivity contribution in [3.05, 3.63) is 0 Å². The van der Waals surface area contributed by atoms with Gasteiger partial charge in [0.05, 0.1) is 12.1 Å². The second kappa shape index (κ2) is 7.64. The van der Waals surface area contributed by atoms with Crippen molar-refractivity contribution in [1.82, 2.24) is 20.9 Å². The predicted octanol–water partition coefficient (Wildman–Crippen LogP) is 0.130. The van der Waals surface area contributed by atoms with Crippen LogP contribution >= 0.6 is 11.8 Å². The number of nitrogens with zero attached hydrogens (tertiary/aromatic N) is 2. The first kappa shape index (κ1) is 19.3. The van der Waals surface area contributed by atoms with Gasteiger partial charge >= 0.3 is 6.03 Å². The first-order valence-corrected chi connectivity index (χ1v) is 10.5. The number of piperidine rings is 1. The van der Waals surface area contributed by atoms with Crippen molar-refractivity contribution in [2.45, 2.75) is 44.2 Å². The summed E-state index contributed by atoms with van der Waals surface area (Å²) in [6.07, 6.45) is 2.39. The van der Waals surface area contributed by atoms with Crippen LogP contribution in [0.4, 0.5) is 4.79 Å². The molecule has 3 fully saturated rings. The Hall–Kier alpha value is -1.48. The SMILES string of the molecule is CCNC(=NCC1(O)CCSC1)N1CCC(C2(C)NC(=O)NC2=O)CC1. The third-order valence-electron chi connectivity index (χ3n) is 5.62. The summed E-state index contributed by atoms with van der Waals surface area (Å²) < 4.78 is 0. The third kappa shape index (κ3) is 3.93. The predicted molar refractivity (Wildman–Crippen MR) is 102 cm³/mol. The van der Waals surface area contributed by atoms with E-state index in [9.17, 15) is 14.7 Å². The molecule has 0 aromatic rings. The maximum atomic E-state index is 12.1. The van der Waals surface area contributed by atoms with Crippen LogP contribution in [0.25, 0.3) is 0 Å². The van der Waals surface area contributed by atoms with Crippen LogP contribution in [0.3, 0.4) is 0 Å². The molecule has 0 aromatic carbocycles. The molecular formula is C17H29N5O3S. The summed E-state index contributed by atoms with van der Waals surface area (Å²) in [7, 11) is 0. The lowest BCUT2D eigenvalue weighted by Gasteiger charge is -2.40. The van der Waals surface area contributed by atoms with Gasteiger partial charge in [0.15, 0.2) is 5.96 Å². The summed E-state index contributed by atoms with van der Waals surface area (Å²) in [5.74, 6) is 2.41. The zero-order valence-corrected chi connectivity index (χ0v) is 16.3. The zero-order chi connectivity index (χ0) is 18.8. The molecule has 0 spiro atoms. The Morgan fingerprint density at radius 2 is 2.15 bits per heavy atom. The maximum Gasteiger partial charge on any atom is 0.322 e. The summed E-state index contributed by atoms with van der Waals surface area (Å²) >= 11 is 1.77. The molecule has 3 saturated heterocycles. The van der Waals surface area contributed by atoms with Gasteiger partial charge in [-0.3, -0.25) is 15.1 Å². The first-order valence-electron chi connectivity index (χ1n) is 9.33. The van der Waals surface area contributed by atoms with Gasteiger partial charge in [0.1, 0.15) is 5.54 Å². The monoisotopic (exact) mass is 383 g/mol. The van der Waals surface area contributed by atoms with Crippen LogP contribution < -0.4 is 16.0 Å². The van der Waals surface area contributed by atoms with Gasteiger partial charge in [-0.05, 0) is 44.8 Å². The van der Waals surface area contributed by atoms with Crippen LogP contribution in [-0.2, 0) is 4.79 Å². The van der Waals surface area contributed by atoms with Gasteiger partial charge in [-0.25, -0.2) is 4.79 Å². The van der Waals surface area contributed by atoms with E-state index in [2.05, 4.69) is 25.8 Å². The molecule has 0 aromatic heterocycles. The van der Waals surface area contributed by atoms with Crippen molar-refractivity contribution in [3.63, 3.8) is 0 Å². The van der Waals surface area contributed by atoms with E-state index in [-0.39, 0.29) is 11.8 Å².